The number of allylic oxidation sites excluding steroid dienone is 5. The van der Waals surface area contributed by atoms with Gasteiger partial charge in [0.05, 0.1) is 30.6 Å². The molecule has 3 nitrogen and oxygen atoms in total. The summed E-state index contributed by atoms with van der Waals surface area (Å²) < 4.78 is 14.0. The van der Waals surface area contributed by atoms with Crippen molar-refractivity contribution in [1.82, 2.24) is 4.57 Å². The van der Waals surface area contributed by atoms with E-state index in [0.717, 1.165) is 36.6 Å². The lowest BCUT2D eigenvalue weighted by Crippen LogP contribution is -2.07. The van der Waals surface area contributed by atoms with Crippen LogP contribution in [0.4, 0.5) is 0 Å². The third kappa shape index (κ3) is 4.23. The minimum Gasteiger partial charge on any atom is -0.498 e. The van der Waals surface area contributed by atoms with Crippen LogP contribution in [0.2, 0.25) is 0 Å². The van der Waals surface area contributed by atoms with E-state index in [1.165, 1.54) is 10.9 Å². The number of hydrogen-bond donors (Lipinski definition) is 0. The topological polar surface area (TPSA) is 23.4 Å². The molecule has 0 radical (unpaired) electrons. The molecule has 132 valence electrons. The fraction of sp³-hybridized carbons (Fsp3) is 0.364. The van der Waals surface area contributed by atoms with Gasteiger partial charge in [0.25, 0.3) is 0 Å². The first-order valence-corrected chi connectivity index (χ1v) is 9.10. The fourth-order valence-electron chi connectivity index (χ4n) is 2.96. The molecule has 0 spiro atoms. The molecule has 0 amide bonds. The molecule has 0 aliphatic heterocycles. The predicted molar refractivity (Wildman–Crippen MR) is 104 cm³/mol. The van der Waals surface area contributed by atoms with E-state index >= 15 is 0 Å². The minimum atomic E-state index is 0.207. The van der Waals surface area contributed by atoms with E-state index in [4.69, 9.17) is 9.47 Å². The third-order valence-corrected chi connectivity index (χ3v) is 4.15. The number of hydrogen-bond acceptors (Lipinski definition) is 2. The summed E-state index contributed by atoms with van der Waals surface area (Å²) in [7, 11) is 0. The van der Waals surface area contributed by atoms with Crippen LogP contribution in [0.1, 0.15) is 39.3 Å². The molecule has 0 saturated heterocycles. The lowest BCUT2D eigenvalue weighted by atomic mass is 10.2. The Bertz CT molecular complexity index is 809. The molecular formula is C22H27NO2. The van der Waals surface area contributed by atoms with Gasteiger partial charge in [-0.25, -0.2) is 0 Å². The Hall–Kier alpha value is -2.26. The largest absolute Gasteiger partial charge is 0.498 e. The zero-order valence-electron chi connectivity index (χ0n) is 15.4. The Morgan fingerprint density at radius 3 is 2.80 bits per heavy atom. The van der Waals surface area contributed by atoms with Crippen LogP contribution < -0.4 is 0 Å². The van der Waals surface area contributed by atoms with Crippen molar-refractivity contribution in [3.8, 4) is 0 Å². The van der Waals surface area contributed by atoms with Crippen LogP contribution in [0, 0.1) is 0 Å². The first kappa shape index (κ1) is 17.6. The van der Waals surface area contributed by atoms with E-state index in [2.05, 4.69) is 80.0 Å². The molecule has 25 heavy (non-hydrogen) atoms. The Balaban J connectivity index is 1.99. The highest BCUT2D eigenvalue weighted by molar-refractivity contribution is 5.86. The number of rotatable bonds is 7. The number of aromatic nitrogens is 1. The van der Waals surface area contributed by atoms with Gasteiger partial charge in [-0.1, -0.05) is 31.2 Å². The molecule has 1 aromatic carbocycles. The molecule has 0 bridgehead atoms. The maximum Gasteiger partial charge on any atom is 0.0998 e. The van der Waals surface area contributed by atoms with Crippen LogP contribution in [0.15, 0.2) is 60.4 Å². The molecule has 1 aliphatic rings. The van der Waals surface area contributed by atoms with Gasteiger partial charge in [-0.05, 0) is 50.6 Å². The second kappa shape index (κ2) is 8.21. The molecule has 0 fully saturated rings. The summed E-state index contributed by atoms with van der Waals surface area (Å²) in [4.78, 5) is 0. The molecule has 1 heterocycles. The number of fused-ring (bicyclic) bond motifs is 1. The Morgan fingerprint density at radius 1 is 1.16 bits per heavy atom. The Kier molecular flexibility index (Phi) is 5.77. The second-order valence-electron chi connectivity index (χ2n) is 6.57. The summed E-state index contributed by atoms with van der Waals surface area (Å²) in [6, 6.07) is 10.7. The molecule has 0 atom stereocenters. The highest BCUT2D eigenvalue weighted by Gasteiger charge is 2.12. The van der Waals surface area contributed by atoms with Gasteiger partial charge in [0.1, 0.15) is 0 Å². The number of nitrogens with zero attached hydrogens (tertiary/aromatic N) is 1. The molecular weight excluding hydrogens is 310 g/mol. The fourth-order valence-corrected chi connectivity index (χ4v) is 2.96. The molecule has 0 unspecified atom stereocenters. The van der Waals surface area contributed by atoms with Gasteiger partial charge in [-0.2, -0.15) is 0 Å². The highest BCUT2D eigenvalue weighted by atomic mass is 16.5. The SMILES string of the molecule is CCCOC1=CC=C(n2c(COC(C)C)cc3ccccc32)C=CC1. The van der Waals surface area contributed by atoms with Crippen molar-refractivity contribution in [3.05, 3.63) is 66.1 Å². The van der Waals surface area contributed by atoms with Crippen LogP contribution in [0.25, 0.3) is 16.6 Å². The molecule has 1 aromatic heterocycles. The van der Waals surface area contributed by atoms with Gasteiger partial charge in [0, 0.05) is 23.2 Å². The number of ether oxygens (including phenoxy) is 2. The third-order valence-electron chi connectivity index (χ3n) is 4.15. The van der Waals surface area contributed by atoms with Crippen LogP contribution in [-0.2, 0) is 16.1 Å². The first-order valence-electron chi connectivity index (χ1n) is 9.10. The van der Waals surface area contributed by atoms with Gasteiger partial charge in [-0.15, -0.1) is 0 Å². The lowest BCUT2D eigenvalue weighted by molar-refractivity contribution is 0.0631. The predicted octanol–water partition coefficient (Wildman–Crippen LogP) is 5.68. The van der Waals surface area contributed by atoms with Crippen LogP contribution in [0.3, 0.4) is 0 Å². The average Bonchev–Trinajstić information content (AvgIpc) is 2.82. The normalized spacial score (nSPS) is 14.6. The van der Waals surface area contributed by atoms with E-state index in [-0.39, 0.29) is 6.10 Å². The lowest BCUT2D eigenvalue weighted by Gasteiger charge is -2.13. The van der Waals surface area contributed by atoms with Gasteiger partial charge in [0.15, 0.2) is 0 Å². The van der Waals surface area contributed by atoms with Crippen molar-refractivity contribution in [2.75, 3.05) is 6.61 Å². The maximum atomic E-state index is 5.88. The van der Waals surface area contributed by atoms with E-state index in [0.29, 0.717) is 6.61 Å². The number of para-hydroxylation sites is 1. The quantitative estimate of drug-likeness (QED) is 0.649. The average molecular weight is 337 g/mol. The molecule has 0 N–H and O–H groups in total. The van der Waals surface area contributed by atoms with Crippen molar-refractivity contribution in [2.45, 2.75) is 46.3 Å². The minimum absolute atomic E-state index is 0.207. The van der Waals surface area contributed by atoms with E-state index in [1.807, 2.05) is 0 Å². The van der Waals surface area contributed by atoms with Crippen molar-refractivity contribution >= 4 is 16.6 Å². The van der Waals surface area contributed by atoms with E-state index < -0.39 is 0 Å². The Labute approximate surface area is 150 Å². The van der Waals surface area contributed by atoms with Gasteiger partial charge in [0.2, 0.25) is 0 Å². The zero-order valence-corrected chi connectivity index (χ0v) is 15.4. The van der Waals surface area contributed by atoms with Gasteiger partial charge >= 0.3 is 0 Å². The summed E-state index contributed by atoms with van der Waals surface area (Å²) in [5, 5.41) is 1.23. The maximum absolute atomic E-state index is 5.88. The highest BCUT2D eigenvalue weighted by Crippen LogP contribution is 2.27. The summed E-state index contributed by atoms with van der Waals surface area (Å²) in [5.41, 5.74) is 3.50. The summed E-state index contributed by atoms with van der Waals surface area (Å²) >= 11 is 0. The van der Waals surface area contributed by atoms with E-state index in [9.17, 15) is 0 Å². The van der Waals surface area contributed by atoms with Crippen LogP contribution >= 0.6 is 0 Å². The van der Waals surface area contributed by atoms with Crippen molar-refractivity contribution in [1.29, 1.82) is 0 Å². The summed E-state index contributed by atoms with van der Waals surface area (Å²) in [5.74, 6) is 1.02. The number of benzene rings is 1. The van der Waals surface area contributed by atoms with Gasteiger partial charge < -0.3 is 14.0 Å². The molecule has 3 rings (SSSR count). The molecule has 3 heteroatoms. The van der Waals surface area contributed by atoms with Gasteiger partial charge in [-0.3, -0.25) is 0 Å². The van der Waals surface area contributed by atoms with E-state index in [1.54, 1.807) is 0 Å². The summed E-state index contributed by atoms with van der Waals surface area (Å²) in [6.07, 6.45) is 10.6. The molecule has 2 aromatic rings. The van der Waals surface area contributed by atoms with Crippen molar-refractivity contribution in [2.24, 2.45) is 0 Å². The second-order valence-corrected chi connectivity index (χ2v) is 6.57. The standard InChI is InChI=1S/C22H27NO2/c1-4-14-24-21-10-7-9-19(12-13-21)23-20(16-25-17(2)3)15-18-8-5-6-11-22(18)23/h5-9,11-13,15,17H,4,10,14,16H2,1-3H3. The summed E-state index contributed by atoms with van der Waals surface area (Å²) in [6.45, 7) is 7.63. The van der Waals surface area contributed by atoms with Crippen molar-refractivity contribution < 1.29 is 9.47 Å². The zero-order chi connectivity index (χ0) is 17.6. The van der Waals surface area contributed by atoms with Crippen LogP contribution in [-0.4, -0.2) is 17.3 Å². The smallest absolute Gasteiger partial charge is 0.0998 e. The van der Waals surface area contributed by atoms with Crippen molar-refractivity contribution in [3.63, 3.8) is 0 Å². The first-order chi connectivity index (χ1) is 12.2. The van der Waals surface area contributed by atoms with Crippen LogP contribution in [0.5, 0.6) is 0 Å². The monoisotopic (exact) mass is 337 g/mol. The molecule has 0 saturated carbocycles. The molecule has 1 aliphatic carbocycles. The Morgan fingerprint density at radius 2 is 2.00 bits per heavy atom.